The van der Waals surface area contributed by atoms with Gasteiger partial charge in [-0.1, -0.05) is 48.5 Å². The van der Waals surface area contributed by atoms with E-state index < -0.39 is 0 Å². The minimum absolute atomic E-state index is 0.0154. The van der Waals surface area contributed by atoms with Gasteiger partial charge in [-0.2, -0.15) is 0 Å². The third-order valence-electron chi connectivity index (χ3n) is 7.02. The van der Waals surface area contributed by atoms with Crippen LogP contribution in [0.25, 0.3) is 0 Å². The molecule has 2 aliphatic rings. The Hall–Kier alpha value is -3.87. The van der Waals surface area contributed by atoms with Gasteiger partial charge in [0.25, 0.3) is 5.69 Å². The number of rotatable bonds is 5. The van der Waals surface area contributed by atoms with E-state index in [4.69, 9.17) is 0 Å². The summed E-state index contributed by atoms with van der Waals surface area (Å²) in [6, 6.07) is 25.1. The fourth-order valence-corrected chi connectivity index (χ4v) is 5.24. The number of piperazine rings is 1. The maximum atomic E-state index is 13.6. The highest BCUT2D eigenvalue weighted by atomic mass is 16.6. The molecule has 0 saturated carbocycles. The molecule has 5 rings (SSSR count). The number of hydrogen-bond donors (Lipinski definition) is 1. The molecule has 1 amide bonds. The largest absolute Gasteiger partial charge is 0.368 e. The molecule has 3 atom stereocenters. The third kappa shape index (κ3) is 4.21. The fraction of sp³-hybridized carbons (Fsp3) is 0.296. The first-order chi connectivity index (χ1) is 16.5. The summed E-state index contributed by atoms with van der Waals surface area (Å²) < 4.78 is 0. The number of nitrogens with zero attached hydrogens (tertiary/aromatic N) is 3. The molecule has 7 heteroatoms. The number of fused-ring (bicyclic) bond motifs is 3. The van der Waals surface area contributed by atoms with Gasteiger partial charge in [-0.25, -0.2) is 0 Å². The van der Waals surface area contributed by atoms with Crippen molar-refractivity contribution in [1.29, 1.82) is 0 Å². The summed E-state index contributed by atoms with van der Waals surface area (Å²) in [4.78, 5) is 29.3. The maximum Gasteiger partial charge on any atom is 0.269 e. The lowest BCUT2D eigenvalue weighted by Gasteiger charge is -2.49. The Morgan fingerprint density at radius 1 is 1.03 bits per heavy atom. The Bertz CT molecular complexity index is 1180. The Morgan fingerprint density at radius 2 is 1.74 bits per heavy atom. The second kappa shape index (κ2) is 9.17. The van der Waals surface area contributed by atoms with Crippen LogP contribution in [0.3, 0.4) is 0 Å². The normalized spacial score (nSPS) is 20.1. The Labute approximate surface area is 199 Å². The zero-order valence-corrected chi connectivity index (χ0v) is 19.1. The van der Waals surface area contributed by atoms with Crippen LogP contribution >= 0.6 is 0 Å². The average molecular weight is 457 g/mol. The van der Waals surface area contributed by atoms with Crippen LogP contribution in [0.1, 0.15) is 24.1 Å². The predicted molar refractivity (Wildman–Crippen MR) is 133 cm³/mol. The molecule has 34 heavy (non-hydrogen) atoms. The number of nitro groups is 1. The van der Waals surface area contributed by atoms with E-state index in [1.165, 1.54) is 0 Å². The monoisotopic (exact) mass is 456 g/mol. The van der Waals surface area contributed by atoms with Crippen LogP contribution in [0.15, 0.2) is 78.9 Å². The third-order valence-corrected chi connectivity index (χ3v) is 7.02. The summed E-state index contributed by atoms with van der Waals surface area (Å²) in [6.45, 7) is 4.29. The fourth-order valence-electron chi connectivity index (χ4n) is 5.24. The molecule has 2 aliphatic heterocycles. The van der Waals surface area contributed by atoms with Crippen molar-refractivity contribution in [2.24, 2.45) is 5.92 Å². The standard InChI is InChI=1S/C27H28N4O3/c1-19(20-8-4-2-5-9-20)28-27(32)24-17-21-16-23(31(33)34)12-13-25(21)30-15-14-29(18-26(24)30)22-10-6-3-7-11-22/h2-13,16,19,24,26H,14-15,17-18H2,1H3,(H,28,32)/t19-,24+,26+/m0/s1. The molecule has 1 fully saturated rings. The van der Waals surface area contributed by atoms with Crippen LogP contribution in [0.5, 0.6) is 0 Å². The molecule has 0 radical (unpaired) electrons. The molecule has 3 aromatic rings. The summed E-state index contributed by atoms with van der Waals surface area (Å²) in [7, 11) is 0. The molecule has 0 spiro atoms. The van der Waals surface area contributed by atoms with Gasteiger partial charge in [-0.3, -0.25) is 14.9 Å². The summed E-state index contributed by atoms with van der Waals surface area (Å²) in [5, 5.41) is 14.6. The predicted octanol–water partition coefficient (Wildman–Crippen LogP) is 4.34. The number of carbonyl (C=O) groups excluding carboxylic acids is 1. The van der Waals surface area contributed by atoms with Crippen molar-refractivity contribution in [3.8, 4) is 0 Å². The maximum absolute atomic E-state index is 13.6. The van der Waals surface area contributed by atoms with Crippen LogP contribution in [0.4, 0.5) is 17.1 Å². The molecule has 3 aromatic carbocycles. The van der Waals surface area contributed by atoms with Gasteiger partial charge >= 0.3 is 0 Å². The van der Waals surface area contributed by atoms with Crippen molar-refractivity contribution in [2.45, 2.75) is 25.4 Å². The van der Waals surface area contributed by atoms with Crippen molar-refractivity contribution in [2.75, 3.05) is 29.4 Å². The Balaban J connectivity index is 1.46. The van der Waals surface area contributed by atoms with Gasteiger partial charge in [0.15, 0.2) is 0 Å². The highest BCUT2D eigenvalue weighted by Crippen LogP contribution is 2.38. The van der Waals surface area contributed by atoms with Gasteiger partial charge in [0, 0.05) is 43.1 Å². The van der Waals surface area contributed by atoms with E-state index in [-0.39, 0.29) is 34.5 Å². The lowest BCUT2D eigenvalue weighted by molar-refractivity contribution is -0.384. The van der Waals surface area contributed by atoms with E-state index in [9.17, 15) is 14.9 Å². The van der Waals surface area contributed by atoms with Gasteiger partial charge in [0.2, 0.25) is 5.91 Å². The molecule has 7 nitrogen and oxygen atoms in total. The lowest BCUT2D eigenvalue weighted by atomic mass is 9.82. The van der Waals surface area contributed by atoms with Gasteiger partial charge in [0.05, 0.1) is 22.9 Å². The SMILES string of the molecule is C[C@H](NC(=O)[C@@H]1Cc2cc([N+](=O)[O-])ccc2N2CCN(c3ccccc3)C[C@H]12)c1ccccc1. The van der Waals surface area contributed by atoms with E-state index >= 15 is 0 Å². The molecule has 2 heterocycles. The van der Waals surface area contributed by atoms with Crippen LogP contribution < -0.4 is 15.1 Å². The first-order valence-corrected chi connectivity index (χ1v) is 11.7. The zero-order chi connectivity index (χ0) is 23.7. The molecule has 1 N–H and O–H groups in total. The minimum Gasteiger partial charge on any atom is -0.368 e. The molecule has 0 unspecified atom stereocenters. The van der Waals surface area contributed by atoms with Crippen LogP contribution in [-0.4, -0.2) is 36.5 Å². The highest BCUT2D eigenvalue weighted by Gasteiger charge is 2.42. The molecule has 0 aliphatic carbocycles. The number of carbonyl (C=O) groups is 1. The van der Waals surface area contributed by atoms with E-state index in [0.29, 0.717) is 6.42 Å². The number of anilines is 2. The molecule has 0 aromatic heterocycles. The van der Waals surface area contributed by atoms with E-state index in [0.717, 1.165) is 42.1 Å². The van der Waals surface area contributed by atoms with Crippen molar-refractivity contribution < 1.29 is 9.72 Å². The molecule has 1 saturated heterocycles. The van der Waals surface area contributed by atoms with Crippen LogP contribution in [-0.2, 0) is 11.2 Å². The smallest absolute Gasteiger partial charge is 0.269 e. The van der Waals surface area contributed by atoms with Crippen molar-refractivity contribution in [3.05, 3.63) is 100 Å². The highest BCUT2D eigenvalue weighted by molar-refractivity contribution is 5.83. The number of hydrogen-bond acceptors (Lipinski definition) is 5. The molecule has 174 valence electrons. The van der Waals surface area contributed by atoms with Crippen molar-refractivity contribution in [1.82, 2.24) is 5.32 Å². The summed E-state index contributed by atoms with van der Waals surface area (Å²) in [6.07, 6.45) is 0.480. The quantitative estimate of drug-likeness (QED) is 0.456. The number of benzene rings is 3. The summed E-state index contributed by atoms with van der Waals surface area (Å²) in [5.74, 6) is -0.328. The summed E-state index contributed by atoms with van der Waals surface area (Å²) in [5.41, 5.74) is 4.13. The number of para-hydroxylation sites is 1. The van der Waals surface area contributed by atoms with Gasteiger partial charge in [0.1, 0.15) is 0 Å². The molecular weight excluding hydrogens is 428 g/mol. The minimum atomic E-state index is -0.369. The van der Waals surface area contributed by atoms with E-state index in [1.54, 1.807) is 12.1 Å². The second-order valence-electron chi connectivity index (χ2n) is 9.06. The van der Waals surface area contributed by atoms with Crippen LogP contribution in [0.2, 0.25) is 0 Å². The number of nitro benzene ring substituents is 1. The molecule has 0 bridgehead atoms. The van der Waals surface area contributed by atoms with Gasteiger partial charge in [-0.15, -0.1) is 0 Å². The van der Waals surface area contributed by atoms with Crippen LogP contribution in [0, 0.1) is 16.0 Å². The number of amides is 1. The topological polar surface area (TPSA) is 78.7 Å². The average Bonchev–Trinajstić information content (AvgIpc) is 2.88. The lowest BCUT2D eigenvalue weighted by Crippen LogP contribution is -2.61. The first-order valence-electron chi connectivity index (χ1n) is 11.7. The van der Waals surface area contributed by atoms with E-state index in [2.05, 4.69) is 27.2 Å². The Morgan fingerprint density at radius 3 is 2.44 bits per heavy atom. The first kappa shape index (κ1) is 21.9. The van der Waals surface area contributed by atoms with E-state index in [1.807, 2.05) is 61.5 Å². The summed E-state index contributed by atoms with van der Waals surface area (Å²) >= 11 is 0. The second-order valence-corrected chi connectivity index (χ2v) is 9.06. The van der Waals surface area contributed by atoms with Gasteiger partial charge in [-0.05, 0) is 42.7 Å². The van der Waals surface area contributed by atoms with Crippen molar-refractivity contribution >= 4 is 23.0 Å². The number of nitrogens with one attached hydrogen (secondary N) is 1. The van der Waals surface area contributed by atoms with Crippen molar-refractivity contribution in [3.63, 3.8) is 0 Å². The zero-order valence-electron chi connectivity index (χ0n) is 19.1. The molecular formula is C27H28N4O3. The number of non-ortho nitro benzene ring substituents is 1. The van der Waals surface area contributed by atoms with Gasteiger partial charge < -0.3 is 15.1 Å². The Kier molecular flexibility index (Phi) is 5.92.